The van der Waals surface area contributed by atoms with Gasteiger partial charge in [0.1, 0.15) is 5.82 Å². The summed E-state index contributed by atoms with van der Waals surface area (Å²) in [6, 6.07) is 5.96. The molecule has 7 heteroatoms. The first-order valence-corrected chi connectivity index (χ1v) is 7.61. The van der Waals surface area contributed by atoms with Crippen LogP contribution in [0.15, 0.2) is 30.5 Å². The van der Waals surface area contributed by atoms with Gasteiger partial charge in [0.05, 0.1) is 28.7 Å². The van der Waals surface area contributed by atoms with Gasteiger partial charge >= 0.3 is 0 Å². The Morgan fingerprint density at radius 2 is 1.96 bits per heavy atom. The monoisotopic (exact) mass is 354 g/mol. The molecule has 132 valence electrons. The Balaban J connectivity index is 0.00000288. The molecule has 2 aromatic rings. The highest BCUT2D eigenvalue weighted by atomic mass is 35.5. The molecule has 0 spiro atoms. The summed E-state index contributed by atoms with van der Waals surface area (Å²) in [5.41, 5.74) is 7.20. The number of nitrogens with two attached hydrogens (primary N) is 1. The Hall–Kier alpha value is -1.92. The Morgan fingerprint density at radius 1 is 1.38 bits per heavy atom. The van der Waals surface area contributed by atoms with Crippen LogP contribution in [0.2, 0.25) is 0 Å². The van der Waals surface area contributed by atoms with Crippen LogP contribution >= 0.6 is 12.4 Å². The number of benzene rings is 1. The zero-order chi connectivity index (χ0) is 17.2. The van der Waals surface area contributed by atoms with Gasteiger partial charge in [-0.25, -0.2) is 9.07 Å². The van der Waals surface area contributed by atoms with Crippen molar-refractivity contribution in [2.45, 2.75) is 33.2 Å². The third-order valence-electron chi connectivity index (χ3n) is 4.42. The molecule has 0 fully saturated rings. The molecular weight excluding hydrogens is 331 g/mol. The average Bonchev–Trinajstić information content (AvgIpc) is 2.89. The van der Waals surface area contributed by atoms with Crippen molar-refractivity contribution in [2.75, 3.05) is 6.54 Å². The molecule has 1 aromatic heterocycles. The lowest BCUT2D eigenvalue weighted by Crippen LogP contribution is -2.55. The fraction of sp³-hybridized carbons (Fsp3) is 0.412. The van der Waals surface area contributed by atoms with Gasteiger partial charge in [-0.2, -0.15) is 5.10 Å². The van der Waals surface area contributed by atoms with Crippen molar-refractivity contribution in [3.63, 3.8) is 0 Å². The van der Waals surface area contributed by atoms with E-state index < -0.39 is 5.54 Å². The molecule has 0 aliphatic carbocycles. The van der Waals surface area contributed by atoms with E-state index in [-0.39, 0.29) is 30.0 Å². The third kappa shape index (κ3) is 3.94. The minimum atomic E-state index is -0.485. The van der Waals surface area contributed by atoms with E-state index in [9.17, 15) is 9.18 Å². The number of carbonyl (C=O) groups is 1. The fourth-order valence-corrected chi connectivity index (χ4v) is 2.23. The molecule has 1 atom stereocenters. The van der Waals surface area contributed by atoms with E-state index in [0.717, 1.165) is 0 Å². The molecule has 0 radical (unpaired) electrons. The number of amides is 1. The lowest BCUT2D eigenvalue weighted by atomic mass is 9.88. The van der Waals surface area contributed by atoms with Crippen LogP contribution < -0.4 is 11.1 Å². The maximum absolute atomic E-state index is 13.0. The topological polar surface area (TPSA) is 72.9 Å². The molecule has 0 aliphatic heterocycles. The van der Waals surface area contributed by atoms with E-state index in [2.05, 4.69) is 10.4 Å². The van der Waals surface area contributed by atoms with Crippen LogP contribution in [0.1, 0.15) is 36.8 Å². The highest BCUT2D eigenvalue weighted by Gasteiger charge is 2.30. The van der Waals surface area contributed by atoms with Crippen molar-refractivity contribution in [1.82, 2.24) is 15.1 Å². The summed E-state index contributed by atoms with van der Waals surface area (Å²) in [7, 11) is 0. The Labute approximate surface area is 147 Å². The van der Waals surface area contributed by atoms with Crippen molar-refractivity contribution >= 4 is 18.3 Å². The predicted octanol–water partition coefficient (Wildman–Crippen LogP) is 2.84. The smallest absolute Gasteiger partial charge is 0.255 e. The minimum absolute atomic E-state index is 0. The number of carbonyl (C=O) groups excluding carboxylic acids is 1. The van der Waals surface area contributed by atoms with E-state index in [4.69, 9.17) is 5.73 Å². The minimum Gasteiger partial charge on any atom is -0.345 e. The van der Waals surface area contributed by atoms with Crippen LogP contribution in [-0.2, 0) is 0 Å². The Kier molecular flexibility index (Phi) is 6.51. The molecule has 1 heterocycles. The Bertz CT molecular complexity index is 699. The lowest BCUT2D eigenvalue weighted by Gasteiger charge is -2.33. The second kappa shape index (κ2) is 7.77. The lowest BCUT2D eigenvalue weighted by molar-refractivity contribution is 0.0882. The molecule has 3 N–H and O–H groups in total. The summed E-state index contributed by atoms with van der Waals surface area (Å²) in [4.78, 5) is 12.6. The normalized spacial score (nSPS) is 13.3. The molecule has 0 aliphatic rings. The van der Waals surface area contributed by atoms with Gasteiger partial charge in [-0.1, -0.05) is 13.8 Å². The maximum Gasteiger partial charge on any atom is 0.255 e. The highest BCUT2D eigenvalue weighted by molar-refractivity contribution is 5.95. The van der Waals surface area contributed by atoms with Crippen LogP contribution in [0.4, 0.5) is 4.39 Å². The van der Waals surface area contributed by atoms with Crippen molar-refractivity contribution in [3.8, 4) is 5.69 Å². The summed E-state index contributed by atoms with van der Waals surface area (Å²) in [6.07, 6.45) is 1.52. The number of nitrogens with one attached hydrogen (secondary N) is 1. The Morgan fingerprint density at radius 3 is 2.46 bits per heavy atom. The largest absolute Gasteiger partial charge is 0.345 e. The standard InChI is InChI=1S/C17H23FN4O.ClH/c1-11(2)17(4,10-19)21-16(23)15-9-20-22(12(15)3)14-7-5-13(18)6-8-14;/h5-9,11H,10,19H2,1-4H3,(H,21,23);1H. The molecule has 1 amide bonds. The second-order valence-electron chi connectivity index (χ2n) is 6.26. The first kappa shape index (κ1) is 20.1. The van der Waals surface area contributed by atoms with E-state index >= 15 is 0 Å². The average molecular weight is 355 g/mol. The van der Waals surface area contributed by atoms with Crippen LogP contribution in [0.3, 0.4) is 0 Å². The summed E-state index contributed by atoms with van der Waals surface area (Å²) in [5, 5.41) is 7.24. The zero-order valence-corrected chi connectivity index (χ0v) is 15.2. The summed E-state index contributed by atoms with van der Waals surface area (Å²) in [5.74, 6) is -0.325. The molecule has 1 unspecified atom stereocenters. The molecule has 0 saturated carbocycles. The summed E-state index contributed by atoms with van der Waals surface area (Å²) >= 11 is 0. The van der Waals surface area contributed by atoms with Crippen LogP contribution in [0, 0.1) is 18.7 Å². The maximum atomic E-state index is 13.0. The fourth-order valence-electron chi connectivity index (χ4n) is 2.23. The van der Waals surface area contributed by atoms with Crippen molar-refractivity contribution in [3.05, 3.63) is 47.5 Å². The third-order valence-corrected chi connectivity index (χ3v) is 4.42. The molecule has 24 heavy (non-hydrogen) atoms. The van der Waals surface area contributed by atoms with Crippen LogP contribution in [0.5, 0.6) is 0 Å². The number of nitrogens with zero attached hydrogens (tertiary/aromatic N) is 2. The molecule has 2 rings (SSSR count). The van der Waals surface area contributed by atoms with Gasteiger partial charge in [-0.3, -0.25) is 4.79 Å². The predicted molar refractivity (Wildman–Crippen MR) is 95.3 cm³/mol. The van der Waals surface area contributed by atoms with Gasteiger partial charge in [-0.05, 0) is 44.0 Å². The molecule has 1 aromatic carbocycles. The first-order chi connectivity index (χ1) is 10.8. The van der Waals surface area contributed by atoms with E-state index in [1.54, 1.807) is 23.7 Å². The molecular formula is C17H24ClFN4O. The summed E-state index contributed by atoms with van der Waals surface area (Å²) < 4.78 is 14.6. The number of rotatable bonds is 5. The summed E-state index contributed by atoms with van der Waals surface area (Å²) in [6.45, 7) is 8.11. The van der Waals surface area contributed by atoms with Gasteiger partial charge in [0.2, 0.25) is 0 Å². The van der Waals surface area contributed by atoms with E-state index in [1.165, 1.54) is 18.3 Å². The van der Waals surface area contributed by atoms with Crippen molar-refractivity contribution in [1.29, 1.82) is 0 Å². The van der Waals surface area contributed by atoms with Crippen molar-refractivity contribution in [2.24, 2.45) is 11.7 Å². The zero-order valence-electron chi connectivity index (χ0n) is 14.3. The number of halogens is 2. The van der Waals surface area contributed by atoms with E-state index in [0.29, 0.717) is 23.5 Å². The van der Waals surface area contributed by atoms with Crippen molar-refractivity contribution < 1.29 is 9.18 Å². The molecule has 0 saturated heterocycles. The van der Waals surface area contributed by atoms with E-state index in [1.807, 2.05) is 20.8 Å². The molecule has 0 bridgehead atoms. The second-order valence-corrected chi connectivity index (χ2v) is 6.26. The quantitative estimate of drug-likeness (QED) is 0.867. The van der Waals surface area contributed by atoms with Gasteiger partial charge < -0.3 is 11.1 Å². The highest BCUT2D eigenvalue weighted by Crippen LogP contribution is 2.18. The van der Waals surface area contributed by atoms with Crippen LogP contribution in [-0.4, -0.2) is 27.8 Å². The first-order valence-electron chi connectivity index (χ1n) is 7.61. The molecule has 5 nitrogen and oxygen atoms in total. The van der Waals surface area contributed by atoms with Gasteiger partial charge in [0, 0.05) is 6.54 Å². The van der Waals surface area contributed by atoms with Gasteiger partial charge in [0.25, 0.3) is 5.91 Å². The number of hydrogen-bond acceptors (Lipinski definition) is 3. The SMILES string of the molecule is Cc1c(C(=O)NC(C)(CN)C(C)C)cnn1-c1ccc(F)cc1.Cl. The van der Waals surface area contributed by atoms with Crippen LogP contribution in [0.25, 0.3) is 5.69 Å². The van der Waals surface area contributed by atoms with Gasteiger partial charge in [-0.15, -0.1) is 12.4 Å². The number of aromatic nitrogens is 2. The number of hydrogen-bond donors (Lipinski definition) is 2. The van der Waals surface area contributed by atoms with Gasteiger partial charge in [0.15, 0.2) is 0 Å².